The van der Waals surface area contributed by atoms with Gasteiger partial charge in [-0.2, -0.15) is 4.98 Å². The number of nitrogens with zero attached hydrogens (tertiary/aromatic N) is 2. The average molecular weight is 459 g/mol. The topological polar surface area (TPSA) is 127 Å². The van der Waals surface area contributed by atoms with Crippen LogP contribution in [0, 0.1) is 0 Å². The molecule has 4 N–H and O–H groups in total. The molecule has 2 aliphatic carbocycles. The Balaban J connectivity index is 1.26. The molecule has 8 heteroatoms. The predicted molar refractivity (Wildman–Crippen MR) is 128 cm³/mol. The van der Waals surface area contributed by atoms with Crippen molar-refractivity contribution < 1.29 is 19.2 Å². The lowest BCUT2D eigenvalue weighted by molar-refractivity contribution is -0.137. The highest BCUT2D eigenvalue weighted by Crippen LogP contribution is 2.40. The number of ether oxygens (including phenoxy) is 1. The number of benzene rings is 2. The predicted octanol–water partition coefficient (Wildman–Crippen LogP) is 5.29. The zero-order valence-electron chi connectivity index (χ0n) is 18.7. The third kappa shape index (κ3) is 3.69. The molecule has 2 heterocycles. The number of anilines is 1. The van der Waals surface area contributed by atoms with Crippen molar-refractivity contribution in [2.45, 2.75) is 57.0 Å². The van der Waals surface area contributed by atoms with E-state index in [9.17, 15) is 9.90 Å². The van der Waals surface area contributed by atoms with Crippen molar-refractivity contribution in [3.8, 4) is 28.6 Å². The number of aromatic nitrogens is 3. The standard InChI is InChI=1S/C26H26N4O4/c27-20-12-16(7-10-22(20)33-17-3-1-2-4-17)26-29-25(30-34-26)15-6-9-21-19(11-15)18-8-5-14(13-23(31)32)24(18)28-21/h6-7,9-12,14,17,28H,1-5,8,13,27H2,(H,31,32). The van der Waals surface area contributed by atoms with Crippen LogP contribution in [0.5, 0.6) is 5.75 Å². The SMILES string of the molecule is Nc1cc(-c2nc(-c3ccc4[nH]c5c(c4c3)CCC5CC(=O)O)no2)ccc1OC1CCCC1. The van der Waals surface area contributed by atoms with Gasteiger partial charge in [-0.25, -0.2) is 0 Å². The van der Waals surface area contributed by atoms with Gasteiger partial charge < -0.3 is 25.1 Å². The molecule has 1 unspecified atom stereocenters. The summed E-state index contributed by atoms with van der Waals surface area (Å²) in [7, 11) is 0. The Morgan fingerprint density at radius 2 is 1.97 bits per heavy atom. The van der Waals surface area contributed by atoms with Gasteiger partial charge in [-0.05, 0) is 80.5 Å². The van der Waals surface area contributed by atoms with Crippen LogP contribution < -0.4 is 10.5 Å². The number of aromatic amines is 1. The monoisotopic (exact) mass is 458 g/mol. The van der Waals surface area contributed by atoms with Crippen molar-refractivity contribution in [2.24, 2.45) is 0 Å². The zero-order valence-corrected chi connectivity index (χ0v) is 18.7. The minimum atomic E-state index is -0.768. The van der Waals surface area contributed by atoms with Gasteiger partial charge >= 0.3 is 5.97 Å². The third-order valence-corrected chi connectivity index (χ3v) is 7.05. The van der Waals surface area contributed by atoms with Crippen LogP contribution >= 0.6 is 0 Å². The summed E-state index contributed by atoms with van der Waals surface area (Å²) in [6.45, 7) is 0. The minimum absolute atomic E-state index is 0.0335. The van der Waals surface area contributed by atoms with E-state index in [0.29, 0.717) is 23.2 Å². The van der Waals surface area contributed by atoms with Crippen LogP contribution in [0.2, 0.25) is 0 Å². The molecule has 0 saturated heterocycles. The number of H-pyrrole nitrogens is 1. The summed E-state index contributed by atoms with van der Waals surface area (Å²) in [4.78, 5) is 19.2. The molecule has 0 bridgehead atoms. The molecule has 1 fully saturated rings. The van der Waals surface area contributed by atoms with E-state index in [4.69, 9.17) is 15.0 Å². The number of hydrogen-bond donors (Lipinski definition) is 3. The molecule has 0 radical (unpaired) electrons. The molecule has 8 nitrogen and oxygen atoms in total. The first-order valence-electron chi connectivity index (χ1n) is 11.8. The fourth-order valence-corrected chi connectivity index (χ4v) is 5.34. The van der Waals surface area contributed by atoms with Gasteiger partial charge in [0.05, 0.1) is 18.2 Å². The van der Waals surface area contributed by atoms with Gasteiger partial charge in [0, 0.05) is 33.6 Å². The molecule has 0 spiro atoms. The van der Waals surface area contributed by atoms with Gasteiger partial charge in [-0.1, -0.05) is 5.16 Å². The molecular formula is C26H26N4O4. The van der Waals surface area contributed by atoms with Crippen molar-refractivity contribution in [2.75, 3.05) is 5.73 Å². The highest BCUT2D eigenvalue weighted by Gasteiger charge is 2.28. The maximum atomic E-state index is 11.2. The van der Waals surface area contributed by atoms with Crippen LogP contribution in [0.1, 0.15) is 55.7 Å². The second-order valence-electron chi connectivity index (χ2n) is 9.31. The molecule has 6 rings (SSSR count). The van der Waals surface area contributed by atoms with Crippen LogP contribution in [0.15, 0.2) is 40.9 Å². The summed E-state index contributed by atoms with van der Waals surface area (Å²) in [5.41, 5.74) is 11.6. The van der Waals surface area contributed by atoms with Crippen LogP contribution in [0.4, 0.5) is 5.69 Å². The van der Waals surface area contributed by atoms with Crippen molar-refractivity contribution >= 4 is 22.6 Å². The lowest BCUT2D eigenvalue weighted by atomic mass is 10.0. The second-order valence-corrected chi connectivity index (χ2v) is 9.31. The van der Waals surface area contributed by atoms with E-state index in [1.807, 2.05) is 30.3 Å². The number of carboxylic acid groups (broad SMARTS) is 1. The summed E-state index contributed by atoms with van der Waals surface area (Å²) < 4.78 is 11.6. The average Bonchev–Trinajstić information content (AvgIpc) is 3.60. The number of aliphatic carboxylic acids is 1. The first-order chi connectivity index (χ1) is 16.5. The number of carboxylic acids is 1. The third-order valence-electron chi connectivity index (χ3n) is 7.05. The smallest absolute Gasteiger partial charge is 0.304 e. The Morgan fingerprint density at radius 3 is 2.76 bits per heavy atom. The minimum Gasteiger partial charge on any atom is -0.488 e. The molecular weight excluding hydrogens is 432 g/mol. The first kappa shape index (κ1) is 20.8. The molecule has 2 aromatic heterocycles. The number of nitrogens with one attached hydrogen (secondary N) is 1. The summed E-state index contributed by atoms with van der Waals surface area (Å²) in [5.74, 6) is 0.858. The van der Waals surface area contributed by atoms with Crippen LogP contribution in [-0.4, -0.2) is 32.3 Å². The van der Waals surface area contributed by atoms with Crippen molar-refractivity contribution in [3.63, 3.8) is 0 Å². The van der Waals surface area contributed by atoms with Crippen molar-refractivity contribution in [1.82, 2.24) is 15.1 Å². The molecule has 174 valence electrons. The summed E-state index contributed by atoms with van der Waals surface area (Å²) in [6.07, 6.45) is 6.65. The van der Waals surface area contributed by atoms with E-state index >= 15 is 0 Å². The Hall–Kier alpha value is -3.81. The maximum absolute atomic E-state index is 11.2. The molecule has 34 heavy (non-hydrogen) atoms. The molecule has 2 aromatic carbocycles. The van der Waals surface area contributed by atoms with E-state index in [-0.39, 0.29) is 18.4 Å². The first-order valence-corrected chi connectivity index (χ1v) is 11.8. The Kier molecular flexibility index (Phi) is 5.01. The molecule has 0 aliphatic heterocycles. The van der Waals surface area contributed by atoms with Gasteiger partial charge in [-0.3, -0.25) is 4.79 Å². The molecule has 2 aliphatic rings. The Labute approximate surface area is 196 Å². The summed E-state index contributed by atoms with van der Waals surface area (Å²) in [6, 6.07) is 11.6. The number of aryl methyl sites for hydroxylation is 1. The fourth-order valence-electron chi connectivity index (χ4n) is 5.34. The van der Waals surface area contributed by atoms with Gasteiger partial charge in [-0.15, -0.1) is 0 Å². The Bertz CT molecular complexity index is 1380. The highest BCUT2D eigenvalue weighted by atomic mass is 16.5. The number of hydrogen-bond acceptors (Lipinski definition) is 6. The van der Waals surface area contributed by atoms with E-state index in [1.165, 1.54) is 18.4 Å². The second kappa shape index (κ2) is 8.20. The number of rotatable bonds is 6. The molecule has 1 saturated carbocycles. The van der Waals surface area contributed by atoms with Gasteiger partial charge in [0.2, 0.25) is 5.82 Å². The molecule has 0 amide bonds. The van der Waals surface area contributed by atoms with E-state index < -0.39 is 5.97 Å². The number of fused-ring (bicyclic) bond motifs is 3. The van der Waals surface area contributed by atoms with Crippen molar-refractivity contribution in [3.05, 3.63) is 47.7 Å². The lowest BCUT2D eigenvalue weighted by Crippen LogP contribution is -2.12. The van der Waals surface area contributed by atoms with Gasteiger partial charge in [0.1, 0.15) is 5.75 Å². The molecule has 1 atom stereocenters. The highest BCUT2D eigenvalue weighted by molar-refractivity contribution is 5.89. The number of nitrogens with two attached hydrogens (primary N) is 1. The summed E-state index contributed by atoms with van der Waals surface area (Å²) >= 11 is 0. The Morgan fingerprint density at radius 1 is 1.15 bits per heavy atom. The van der Waals surface area contributed by atoms with E-state index in [2.05, 4.69) is 21.2 Å². The van der Waals surface area contributed by atoms with E-state index in [0.717, 1.165) is 53.4 Å². The maximum Gasteiger partial charge on any atom is 0.304 e. The van der Waals surface area contributed by atoms with Crippen LogP contribution in [0.3, 0.4) is 0 Å². The van der Waals surface area contributed by atoms with Gasteiger partial charge in [0.25, 0.3) is 5.89 Å². The van der Waals surface area contributed by atoms with Gasteiger partial charge in [0.15, 0.2) is 0 Å². The normalized spacial score (nSPS) is 17.9. The lowest BCUT2D eigenvalue weighted by Gasteiger charge is -2.15. The summed E-state index contributed by atoms with van der Waals surface area (Å²) in [5, 5.41) is 14.5. The zero-order chi connectivity index (χ0) is 23.2. The fraction of sp³-hybridized carbons (Fsp3) is 0.346. The van der Waals surface area contributed by atoms with Crippen LogP contribution in [0.25, 0.3) is 33.7 Å². The number of nitrogen functional groups attached to an aromatic ring is 1. The largest absolute Gasteiger partial charge is 0.488 e. The number of carbonyl (C=O) groups is 1. The molecule has 4 aromatic rings. The quantitative estimate of drug-likeness (QED) is 0.335. The van der Waals surface area contributed by atoms with Crippen LogP contribution in [-0.2, 0) is 11.2 Å². The van der Waals surface area contributed by atoms with E-state index in [1.54, 1.807) is 0 Å². The van der Waals surface area contributed by atoms with Crippen molar-refractivity contribution in [1.29, 1.82) is 0 Å².